The lowest BCUT2D eigenvalue weighted by Gasteiger charge is -2.20. The molecule has 0 saturated heterocycles. The van der Waals surface area contributed by atoms with E-state index >= 15 is 0 Å². The van der Waals surface area contributed by atoms with Gasteiger partial charge in [0.05, 0.1) is 0 Å². The third-order valence-corrected chi connectivity index (χ3v) is 3.10. The molecule has 1 heteroatoms. The van der Waals surface area contributed by atoms with E-state index in [2.05, 4.69) is 73.5 Å². The minimum absolute atomic E-state index is 0.966. The summed E-state index contributed by atoms with van der Waals surface area (Å²) in [6.07, 6.45) is 1.10. The van der Waals surface area contributed by atoms with Crippen LogP contribution in [0.4, 0.5) is 5.69 Å². The maximum Gasteiger partial charge on any atom is 0.0428 e. The van der Waals surface area contributed by atoms with Crippen molar-refractivity contribution in [2.45, 2.75) is 19.9 Å². The molecule has 0 bridgehead atoms. The SMILES string of the molecule is CCc1ccccc1CN(C)c1ccccc1. The first-order chi connectivity index (χ1) is 8.31. The van der Waals surface area contributed by atoms with Crippen LogP contribution >= 0.6 is 0 Å². The normalized spacial score (nSPS) is 10.2. The summed E-state index contributed by atoms with van der Waals surface area (Å²) in [5.74, 6) is 0. The maximum absolute atomic E-state index is 2.29. The van der Waals surface area contributed by atoms with Crippen LogP contribution in [0.5, 0.6) is 0 Å². The van der Waals surface area contributed by atoms with Crippen LogP contribution in [-0.4, -0.2) is 7.05 Å². The van der Waals surface area contributed by atoms with Crippen molar-refractivity contribution in [2.24, 2.45) is 0 Å². The maximum atomic E-state index is 2.29. The van der Waals surface area contributed by atoms with Crippen LogP contribution in [0.3, 0.4) is 0 Å². The molecule has 2 aromatic rings. The molecule has 88 valence electrons. The van der Waals surface area contributed by atoms with E-state index in [1.165, 1.54) is 16.8 Å². The van der Waals surface area contributed by atoms with Crippen molar-refractivity contribution in [1.29, 1.82) is 0 Å². The molecule has 0 radical (unpaired) electrons. The van der Waals surface area contributed by atoms with Crippen molar-refractivity contribution in [2.75, 3.05) is 11.9 Å². The van der Waals surface area contributed by atoms with E-state index in [1.54, 1.807) is 0 Å². The van der Waals surface area contributed by atoms with Gasteiger partial charge >= 0.3 is 0 Å². The van der Waals surface area contributed by atoms with E-state index in [9.17, 15) is 0 Å². The number of benzene rings is 2. The van der Waals surface area contributed by atoms with Gasteiger partial charge in [-0.2, -0.15) is 0 Å². The summed E-state index contributed by atoms with van der Waals surface area (Å²) >= 11 is 0. The Morgan fingerprint density at radius 1 is 0.824 bits per heavy atom. The van der Waals surface area contributed by atoms with Crippen molar-refractivity contribution in [3.05, 3.63) is 65.7 Å². The number of nitrogens with zero attached hydrogens (tertiary/aromatic N) is 1. The summed E-state index contributed by atoms with van der Waals surface area (Å²) < 4.78 is 0. The fourth-order valence-electron chi connectivity index (χ4n) is 2.09. The molecule has 0 unspecified atom stereocenters. The Balaban J connectivity index is 2.16. The second-order valence-electron chi connectivity index (χ2n) is 4.31. The van der Waals surface area contributed by atoms with Crippen LogP contribution in [0.1, 0.15) is 18.1 Å². The molecule has 0 aliphatic carbocycles. The number of rotatable bonds is 4. The van der Waals surface area contributed by atoms with Gasteiger partial charge in [0.1, 0.15) is 0 Å². The van der Waals surface area contributed by atoms with Crippen LogP contribution in [0.25, 0.3) is 0 Å². The van der Waals surface area contributed by atoms with Gasteiger partial charge < -0.3 is 4.90 Å². The highest BCUT2D eigenvalue weighted by atomic mass is 15.1. The van der Waals surface area contributed by atoms with Crippen molar-refractivity contribution < 1.29 is 0 Å². The Morgan fingerprint density at radius 2 is 1.41 bits per heavy atom. The minimum Gasteiger partial charge on any atom is -0.370 e. The third kappa shape index (κ3) is 2.88. The average Bonchev–Trinajstić information content (AvgIpc) is 2.40. The second-order valence-corrected chi connectivity index (χ2v) is 4.31. The van der Waals surface area contributed by atoms with Crippen molar-refractivity contribution >= 4 is 5.69 Å². The van der Waals surface area contributed by atoms with E-state index in [-0.39, 0.29) is 0 Å². The molecule has 0 fully saturated rings. The van der Waals surface area contributed by atoms with Gasteiger partial charge in [0.2, 0.25) is 0 Å². The number of hydrogen-bond acceptors (Lipinski definition) is 1. The monoisotopic (exact) mass is 225 g/mol. The molecule has 0 atom stereocenters. The zero-order valence-electron chi connectivity index (χ0n) is 10.6. The standard InChI is InChI=1S/C16H19N/c1-3-14-9-7-8-10-15(14)13-17(2)16-11-5-4-6-12-16/h4-12H,3,13H2,1-2H3. The number of para-hydroxylation sites is 1. The number of anilines is 1. The minimum atomic E-state index is 0.966. The highest BCUT2D eigenvalue weighted by Gasteiger charge is 2.04. The van der Waals surface area contributed by atoms with Gasteiger partial charge in [0.15, 0.2) is 0 Å². The summed E-state index contributed by atoms with van der Waals surface area (Å²) in [7, 11) is 2.14. The zero-order chi connectivity index (χ0) is 12.1. The molecule has 0 aliphatic heterocycles. The lowest BCUT2D eigenvalue weighted by atomic mass is 10.0. The fourth-order valence-corrected chi connectivity index (χ4v) is 2.09. The van der Waals surface area contributed by atoms with E-state index in [0.29, 0.717) is 0 Å². The summed E-state index contributed by atoms with van der Waals surface area (Å²) in [6.45, 7) is 3.18. The Kier molecular flexibility index (Phi) is 3.81. The van der Waals surface area contributed by atoms with Gasteiger partial charge in [-0.3, -0.25) is 0 Å². The lowest BCUT2D eigenvalue weighted by Crippen LogP contribution is -2.17. The molecule has 0 heterocycles. The molecule has 0 spiro atoms. The predicted molar refractivity (Wildman–Crippen MR) is 74.4 cm³/mol. The van der Waals surface area contributed by atoms with Crippen LogP contribution < -0.4 is 4.90 Å². The summed E-state index contributed by atoms with van der Waals surface area (Å²) in [4.78, 5) is 2.29. The number of hydrogen-bond donors (Lipinski definition) is 0. The Morgan fingerprint density at radius 3 is 2.06 bits per heavy atom. The molecule has 0 aliphatic rings. The first kappa shape index (κ1) is 11.7. The van der Waals surface area contributed by atoms with Crippen molar-refractivity contribution in [1.82, 2.24) is 0 Å². The van der Waals surface area contributed by atoms with Gasteiger partial charge in [-0.05, 0) is 29.7 Å². The van der Waals surface area contributed by atoms with E-state index in [0.717, 1.165) is 13.0 Å². The quantitative estimate of drug-likeness (QED) is 0.763. The second kappa shape index (κ2) is 5.53. The fraction of sp³-hybridized carbons (Fsp3) is 0.250. The average molecular weight is 225 g/mol. The predicted octanol–water partition coefficient (Wildman–Crippen LogP) is 3.89. The van der Waals surface area contributed by atoms with Gasteiger partial charge in [0.25, 0.3) is 0 Å². The molecule has 1 nitrogen and oxygen atoms in total. The first-order valence-corrected chi connectivity index (χ1v) is 6.14. The molecule has 2 aromatic carbocycles. The van der Waals surface area contributed by atoms with Gasteiger partial charge in [-0.1, -0.05) is 49.4 Å². The summed E-state index contributed by atoms with van der Waals surface area (Å²) in [5, 5.41) is 0. The molecular weight excluding hydrogens is 206 g/mol. The first-order valence-electron chi connectivity index (χ1n) is 6.14. The van der Waals surface area contributed by atoms with Crippen LogP contribution in [0.2, 0.25) is 0 Å². The Bertz CT molecular complexity index is 462. The van der Waals surface area contributed by atoms with Gasteiger partial charge in [-0.15, -0.1) is 0 Å². The lowest BCUT2D eigenvalue weighted by molar-refractivity contribution is 0.901. The third-order valence-electron chi connectivity index (χ3n) is 3.10. The van der Waals surface area contributed by atoms with E-state index in [4.69, 9.17) is 0 Å². The highest BCUT2D eigenvalue weighted by molar-refractivity contribution is 5.46. The Labute approximate surface area is 104 Å². The summed E-state index contributed by atoms with van der Waals surface area (Å²) in [6, 6.07) is 19.2. The highest BCUT2D eigenvalue weighted by Crippen LogP contribution is 2.17. The zero-order valence-corrected chi connectivity index (χ0v) is 10.6. The summed E-state index contributed by atoms with van der Waals surface area (Å²) in [5.41, 5.74) is 4.12. The van der Waals surface area contributed by atoms with Crippen LogP contribution in [0, 0.1) is 0 Å². The molecule has 0 saturated carbocycles. The van der Waals surface area contributed by atoms with Crippen LogP contribution in [-0.2, 0) is 13.0 Å². The van der Waals surface area contributed by atoms with Crippen molar-refractivity contribution in [3.63, 3.8) is 0 Å². The largest absolute Gasteiger partial charge is 0.370 e. The van der Waals surface area contributed by atoms with Gasteiger partial charge in [-0.25, -0.2) is 0 Å². The molecule has 0 amide bonds. The molecular formula is C16H19N. The topological polar surface area (TPSA) is 3.24 Å². The molecule has 17 heavy (non-hydrogen) atoms. The van der Waals surface area contributed by atoms with E-state index in [1.807, 2.05) is 0 Å². The van der Waals surface area contributed by atoms with Crippen LogP contribution in [0.15, 0.2) is 54.6 Å². The van der Waals surface area contributed by atoms with Crippen molar-refractivity contribution in [3.8, 4) is 0 Å². The smallest absolute Gasteiger partial charge is 0.0428 e. The van der Waals surface area contributed by atoms with Gasteiger partial charge in [0, 0.05) is 19.3 Å². The Hall–Kier alpha value is -1.76. The molecule has 0 aromatic heterocycles. The number of aryl methyl sites for hydroxylation is 1. The molecule has 2 rings (SSSR count). The van der Waals surface area contributed by atoms with E-state index < -0.39 is 0 Å². The molecule has 0 N–H and O–H groups in total.